The first-order chi connectivity index (χ1) is 9.71. The summed E-state index contributed by atoms with van der Waals surface area (Å²) in [5.41, 5.74) is 0. The summed E-state index contributed by atoms with van der Waals surface area (Å²) in [5.74, 6) is 1.09. The Morgan fingerprint density at radius 1 is 1.20 bits per heavy atom. The minimum atomic E-state index is 0.231. The molecule has 20 heavy (non-hydrogen) atoms. The number of amides is 1. The van der Waals surface area contributed by atoms with Crippen molar-refractivity contribution in [3.63, 3.8) is 0 Å². The van der Waals surface area contributed by atoms with Gasteiger partial charge in [0.1, 0.15) is 0 Å². The standard InChI is InChI=1S/C16H31N3O/c1-3-9-19(12-14-5-6-14)13-16(20)17-15-7-10-18(4-2)11-8-15/h14-15H,3-13H2,1-2H3,(H,17,20). The van der Waals surface area contributed by atoms with Gasteiger partial charge in [0.2, 0.25) is 5.91 Å². The molecule has 0 bridgehead atoms. The van der Waals surface area contributed by atoms with Gasteiger partial charge in [-0.2, -0.15) is 0 Å². The monoisotopic (exact) mass is 281 g/mol. The van der Waals surface area contributed by atoms with Crippen LogP contribution in [-0.4, -0.2) is 61.0 Å². The van der Waals surface area contributed by atoms with Crippen LogP contribution in [0.4, 0.5) is 0 Å². The van der Waals surface area contributed by atoms with Gasteiger partial charge < -0.3 is 10.2 Å². The zero-order valence-electron chi connectivity index (χ0n) is 13.2. The van der Waals surface area contributed by atoms with Crippen LogP contribution in [0.1, 0.15) is 46.0 Å². The average molecular weight is 281 g/mol. The van der Waals surface area contributed by atoms with Crippen LogP contribution in [0.5, 0.6) is 0 Å². The minimum Gasteiger partial charge on any atom is -0.352 e. The predicted molar refractivity (Wildman–Crippen MR) is 82.7 cm³/mol. The van der Waals surface area contributed by atoms with E-state index in [9.17, 15) is 4.79 Å². The smallest absolute Gasteiger partial charge is 0.234 e. The van der Waals surface area contributed by atoms with E-state index in [1.807, 2.05) is 0 Å². The first-order valence-corrected chi connectivity index (χ1v) is 8.45. The lowest BCUT2D eigenvalue weighted by Crippen LogP contribution is -2.47. The number of carbonyl (C=O) groups excluding carboxylic acids is 1. The Kier molecular flexibility index (Phi) is 6.30. The van der Waals surface area contributed by atoms with Gasteiger partial charge in [-0.3, -0.25) is 9.69 Å². The number of likely N-dealkylation sites (tertiary alicyclic amines) is 1. The fourth-order valence-electron chi connectivity index (χ4n) is 3.09. The number of carbonyl (C=O) groups is 1. The zero-order chi connectivity index (χ0) is 14.4. The van der Waals surface area contributed by atoms with Gasteiger partial charge in [-0.15, -0.1) is 0 Å². The van der Waals surface area contributed by atoms with Crippen LogP contribution in [-0.2, 0) is 4.79 Å². The third kappa shape index (κ3) is 5.41. The van der Waals surface area contributed by atoms with Crippen molar-refractivity contribution in [1.82, 2.24) is 15.1 Å². The lowest BCUT2D eigenvalue weighted by Gasteiger charge is -2.32. The molecule has 1 N–H and O–H groups in total. The van der Waals surface area contributed by atoms with E-state index in [-0.39, 0.29) is 5.91 Å². The van der Waals surface area contributed by atoms with E-state index in [0.29, 0.717) is 12.6 Å². The van der Waals surface area contributed by atoms with E-state index in [1.165, 1.54) is 12.8 Å². The van der Waals surface area contributed by atoms with Crippen molar-refractivity contribution >= 4 is 5.91 Å². The van der Waals surface area contributed by atoms with Crippen LogP contribution >= 0.6 is 0 Å². The summed E-state index contributed by atoms with van der Waals surface area (Å²) in [6.45, 7) is 10.6. The van der Waals surface area contributed by atoms with Crippen LogP contribution in [0.3, 0.4) is 0 Å². The Labute approximate surface area is 123 Å². The van der Waals surface area contributed by atoms with E-state index < -0.39 is 0 Å². The van der Waals surface area contributed by atoms with Crippen molar-refractivity contribution in [3.8, 4) is 0 Å². The third-order valence-corrected chi connectivity index (χ3v) is 4.52. The summed E-state index contributed by atoms with van der Waals surface area (Å²) in [4.78, 5) is 17.0. The second kappa shape index (κ2) is 7.99. The van der Waals surface area contributed by atoms with Crippen molar-refractivity contribution in [2.45, 2.75) is 52.0 Å². The van der Waals surface area contributed by atoms with Crippen molar-refractivity contribution in [1.29, 1.82) is 0 Å². The Morgan fingerprint density at radius 2 is 1.90 bits per heavy atom. The Bertz CT molecular complexity index is 296. The lowest BCUT2D eigenvalue weighted by atomic mass is 10.1. The SMILES string of the molecule is CCCN(CC(=O)NC1CCN(CC)CC1)CC1CC1. The molecule has 1 saturated heterocycles. The average Bonchev–Trinajstić information content (AvgIpc) is 3.23. The van der Waals surface area contributed by atoms with Crippen molar-refractivity contribution in [2.75, 3.05) is 39.3 Å². The van der Waals surface area contributed by atoms with Gasteiger partial charge in [0.15, 0.2) is 0 Å². The Morgan fingerprint density at radius 3 is 2.45 bits per heavy atom. The van der Waals surface area contributed by atoms with Crippen molar-refractivity contribution in [3.05, 3.63) is 0 Å². The number of piperidine rings is 1. The fourth-order valence-corrected chi connectivity index (χ4v) is 3.09. The Balaban J connectivity index is 1.67. The van der Waals surface area contributed by atoms with Gasteiger partial charge in [0.25, 0.3) is 0 Å². The molecule has 1 heterocycles. The van der Waals surface area contributed by atoms with E-state index in [0.717, 1.165) is 57.9 Å². The van der Waals surface area contributed by atoms with Gasteiger partial charge >= 0.3 is 0 Å². The van der Waals surface area contributed by atoms with E-state index in [1.54, 1.807) is 0 Å². The molecule has 4 nitrogen and oxygen atoms in total. The van der Waals surface area contributed by atoms with Crippen LogP contribution in [0.2, 0.25) is 0 Å². The van der Waals surface area contributed by atoms with Gasteiger partial charge in [0, 0.05) is 25.7 Å². The highest BCUT2D eigenvalue weighted by Crippen LogP contribution is 2.29. The topological polar surface area (TPSA) is 35.6 Å². The van der Waals surface area contributed by atoms with E-state index in [2.05, 4.69) is 29.0 Å². The first kappa shape index (κ1) is 15.8. The molecule has 0 atom stereocenters. The molecule has 2 fully saturated rings. The van der Waals surface area contributed by atoms with Gasteiger partial charge in [-0.1, -0.05) is 13.8 Å². The lowest BCUT2D eigenvalue weighted by molar-refractivity contribution is -0.123. The molecule has 1 saturated carbocycles. The van der Waals surface area contributed by atoms with Gasteiger partial charge in [0.05, 0.1) is 6.54 Å². The third-order valence-electron chi connectivity index (χ3n) is 4.52. The second-order valence-corrected chi connectivity index (χ2v) is 6.45. The summed E-state index contributed by atoms with van der Waals surface area (Å²) in [6, 6.07) is 0.398. The molecule has 0 aromatic heterocycles. The predicted octanol–water partition coefficient (Wildman–Crippen LogP) is 1.71. The molecule has 4 heteroatoms. The number of hydrogen-bond acceptors (Lipinski definition) is 3. The maximum atomic E-state index is 12.2. The fraction of sp³-hybridized carbons (Fsp3) is 0.938. The molecule has 2 rings (SSSR count). The van der Waals surface area contributed by atoms with Crippen LogP contribution in [0.25, 0.3) is 0 Å². The molecule has 1 aliphatic carbocycles. The summed E-state index contributed by atoms with van der Waals surface area (Å²) < 4.78 is 0. The van der Waals surface area contributed by atoms with Gasteiger partial charge in [-0.25, -0.2) is 0 Å². The molecular weight excluding hydrogens is 250 g/mol. The Hall–Kier alpha value is -0.610. The van der Waals surface area contributed by atoms with E-state index >= 15 is 0 Å². The minimum absolute atomic E-state index is 0.231. The highest BCUT2D eigenvalue weighted by atomic mass is 16.2. The van der Waals surface area contributed by atoms with Crippen LogP contribution in [0.15, 0.2) is 0 Å². The molecule has 0 aromatic carbocycles. The second-order valence-electron chi connectivity index (χ2n) is 6.45. The molecule has 0 aromatic rings. The van der Waals surface area contributed by atoms with Crippen LogP contribution in [0, 0.1) is 5.92 Å². The van der Waals surface area contributed by atoms with Crippen LogP contribution < -0.4 is 5.32 Å². The highest BCUT2D eigenvalue weighted by molar-refractivity contribution is 5.78. The molecule has 0 radical (unpaired) electrons. The maximum Gasteiger partial charge on any atom is 0.234 e. The molecule has 0 unspecified atom stereocenters. The first-order valence-electron chi connectivity index (χ1n) is 8.45. The molecule has 1 aliphatic heterocycles. The van der Waals surface area contributed by atoms with E-state index in [4.69, 9.17) is 0 Å². The molecule has 116 valence electrons. The largest absolute Gasteiger partial charge is 0.352 e. The summed E-state index contributed by atoms with van der Waals surface area (Å²) in [6.07, 6.45) is 6.06. The summed E-state index contributed by atoms with van der Waals surface area (Å²) in [7, 11) is 0. The quantitative estimate of drug-likeness (QED) is 0.736. The van der Waals surface area contributed by atoms with Gasteiger partial charge in [-0.05, 0) is 51.1 Å². The number of rotatable bonds is 8. The van der Waals surface area contributed by atoms with Crippen molar-refractivity contribution in [2.24, 2.45) is 5.92 Å². The highest BCUT2D eigenvalue weighted by Gasteiger charge is 2.25. The molecule has 1 amide bonds. The molecule has 2 aliphatic rings. The van der Waals surface area contributed by atoms with Crippen molar-refractivity contribution < 1.29 is 4.79 Å². The maximum absolute atomic E-state index is 12.2. The zero-order valence-corrected chi connectivity index (χ0v) is 13.2. The summed E-state index contributed by atoms with van der Waals surface area (Å²) >= 11 is 0. The molecule has 0 spiro atoms. The number of nitrogens with one attached hydrogen (secondary N) is 1. The normalized spacial score (nSPS) is 21.4. The number of hydrogen-bond donors (Lipinski definition) is 1. The number of nitrogens with zero attached hydrogens (tertiary/aromatic N) is 2. The molecular formula is C16H31N3O. The summed E-state index contributed by atoms with van der Waals surface area (Å²) in [5, 5.41) is 3.24.